The third-order valence-corrected chi connectivity index (χ3v) is 1.92. The minimum atomic E-state index is -0.245. The van der Waals surface area contributed by atoms with Gasteiger partial charge in [0.25, 0.3) is 5.91 Å². The van der Waals surface area contributed by atoms with E-state index in [0.29, 0.717) is 22.3 Å². The summed E-state index contributed by atoms with van der Waals surface area (Å²) in [6.45, 7) is 5.18. The van der Waals surface area contributed by atoms with Gasteiger partial charge in [0.05, 0.1) is 5.69 Å². The standard InChI is InChI=1S/C10H9N3O2/c1-6(2)10(14)11-7-4-3-5-8-9(7)13-15-12-8/h3-5H,1H2,2H3,(H,11,14). The highest BCUT2D eigenvalue weighted by atomic mass is 16.6. The van der Waals surface area contributed by atoms with E-state index in [0.717, 1.165) is 0 Å². The molecule has 0 bridgehead atoms. The number of amides is 1. The lowest BCUT2D eigenvalue weighted by molar-refractivity contribution is -0.112. The Hall–Kier alpha value is -2.17. The summed E-state index contributed by atoms with van der Waals surface area (Å²) >= 11 is 0. The molecule has 5 heteroatoms. The Morgan fingerprint density at radius 2 is 2.27 bits per heavy atom. The molecule has 0 unspecified atom stereocenters. The first kappa shape index (κ1) is 9.39. The summed E-state index contributed by atoms with van der Waals surface area (Å²) in [5, 5.41) is 10.0. The lowest BCUT2D eigenvalue weighted by atomic mass is 10.2. The van der Waals surface area contributed by atoms with E-state index in [4.69, 9.17) is 0 Å². The Morgan fingerprint density at radius 3 is 3.00 bits per heavy atom. The lowest BCUT2D eigenvalue weighted by Gasteiger charge is -2.03. The van der Waals surface area contributed by atoms with Crippen LogP contribution >= 0.6 is 0 Å². The Labute approximate surface area is 85.7 Å². The van der Waals surface area contributed by atoms with Crippen LogP contribution in [0.15, 0.2) is 35.0 Å². The van der Waals surface area contributed by atoms with E-state index in [-0.39, 0.29) is 5.91 Å². The number of anilines is 1. The number of hydrogen-bond acceptors (Lipinski definition) is 4. The van der Waals surface area contributed by atoms with Crippen LogP contribution in [0.2, 0.25) is 0 Å². The summed E-state index contributed by atoms with van der Waals surface area (Å²) in [6, 6.07) is 5.25. The summed E-state index contributed by atoms with van der Waals surface area (Å²) in [6.07, 6.45) is 0. The smallest absolute Gasteiger partial charge is 0.250 e. The summed E-state index contributed by atoms with van der Waals surface area (Å²) in [4.78, 5) is 11.4. The number of benzene rings is 1. The van der Waals surface area contributed by atoms with Crippen LogP contribution in [0.3, 0.4) is 0 Å². The summed E-state index contributed by atoms with van der Waals surface area (Å²) in [5.41, 5.74) is 2.15. The van der Waals surface area contributed by atoms with Crippen molar-refractivity contribution in [3.8, 4) is 0 Å². The van der Waals surface area contributed by atoms with Gasteiger partial charge in [0.2, 0.25) is 0 Å². The second-order valence-corrected chi connectivity index (χ2v) is 3.17. The number of fused-ring (bicyclic) bond motifs is 1. The molecule has 0 radical (unpaired) electrons. The predicted octanol–water partition coefficient (Wildman–Crippen LogP) is 1.74. The second-order valence-electron chi connectivity index (χ2n) is 3.17. The Morgan fingerprint density at radius 1 is 1.47 bits per heavy atom. The zero-order valence-electron chi connectivity index (χ0n) is 8.15. The molecule has 0 aliphatic carbocycles. The average Bonchev–Trinajstić information content (AvgIpc) is 2.66. The third kappa shape index (κ3) is 1.71. The quantitative estimate of drug-likeness (QED) is 0.755. The first-order valence-electron chi connectivity index (χ1n) is 4.36. The molecule has 0 saturated carbocycles. The fraction of sp³-hybridized carbons (Fsp3) is 0.100. The molecule has 2 aromatic rings. The van der Waals surface area contributed by atoms with E-state index >= 15 is 0 Å². The molecule has 1 N–H and O–H groups in total. The molecular formula is C10H9N3O2. The summed E-state index contributed by atoms with van der Waals surface area (Å²) in [5.74, 6) is -0.245. The summed E-state index contributed by atoms with van der Waals surface area (Å²) < 4.78 is 4.57. The van der Waals surface area contributed by atoms with E-state index in [1.165, 1.54) is 0 Å². The number of nitrogens with zero attached hydrogens (tertiary/aromatic N) is 2. The fourth-order valence-electron chi connectivity index (χ4n) is 1.14. The van der Waals surface area contributed by atoms with Gasteiger partial charge in [-0.3, -0.25) is 4.79 Å². The van der Waals surface area contributed by atoms with Crippen molar-refractivity contribution >= 4 is 22.6 Å². The number of carbonyl (C=O) groups is 1. The SMILES string of the molecule is C=C(C)C(=O)Nc1cccc2nonc12. The van der Waals surface area contributed by atoms with Crippen LogP contribution < -0.4 is 5.32 Å². The van der Waals surface area contributed by atoms with Crippen molar-refractivity contribution < 1.29 is 9.42 Å². The number of aromatic nitrogens is 2. The minimum Gasteiger partial charge on any atom is -0.320 e. The van der Waals surface area contributed by atoms with E-state index in [9.17, 15) is 4.79 Å². The van der Waals surface area contributed by atoms with Gasteiger partial charge in [0.1, 0.15) is 5.52 Å². The minimum absolute atomic E-state index is 0.245. The molecule has 0 spiro atoms. The molecule has 1 aromatic carbocycles. The molecule has 0 atom stereocenters. The van der Waals surface area contributed by atoms with Crippen LogP contribution in [0.25, 0.3) is 11.0 Å². The van der Waals surface area contributed by atoms with Crippen LogP contribution in [0, 0.1) is 0 Å². The molecule has 1 heterocycles. The van der Waals surface area contributed by atoms with Gasteiger partial charge in [-0.05, 0) is 29.4 Å². The summed E-state index contributed by atoms with van der Waals surface area (Å²) in [7, 11) is 0. The van der Waals surface area contributed by atoms with Crippen LogP contribution in [-0.4, -0.2) is 16.2 Å². The van der Waals surface area contributed by atoms with Crippen LogP contribution in [-0.2, 0) is 4.79 Å². The molecule has 15 heavy (non-hydrogen) atoms. The van der Waals surface area contributed by atoms with Gasteiger partial charge in [-0.15, -0.1) is 0 Å². The maximum atomic E-state index is 11.4. The molecule has 0 fully saturated rings. The lowest BCUT2D eigenvalue weighted by Crippen LogP contribution is -2.11. The fourth-order valence-corrected chi connectivity index (χ4v) is 1.14. The van der Waals surface area contributed by atoms with Crippen molar-refractivity contribution in [1.82, 2.24) is 10.3 Å². The van der Waals surface area contributed by atoms with Crippen molar-refractivity contribution in [3.63, 3.8) is 0 Å². The van der Waals surface area contributed by atoms with Crippen LogP contribution in [0.1, 0.15) is 6.92 Å². The highest BCUT2D eigenvalue weighted by molar-refractivity contribution is 6.06. The molecular weight excluding hydrogens is 194 g/mol. The van der Waals surface area contributed by atoms with Crippen LogP contribution in [0.5, 0.6) is 0 Å². The Bertz CT molecular complexity index is 530. The normalized spacial score (nSPS) is 10.2. The second kappa shape index (κ2) is 3.53. The maximum absolute atomic E-state index is 11.4. The maximum Gasteiger partial charge on any atom is 0.250 e. The van der Waals surface area contributed by atoms with Gasteiger partial charge >= 0.3 is 0 Å². The van der Waals surface area contributed by atoms with Gasteiger partial charge in [-0.25, -0.2) is 4.63 Å². The average molecular weight is 203 g/mol. The van der Waals surface area contributed by atoms with Crippen LogP contribution in [0.4, 0.5) is 5.69 Å². The van der Waals surface area contributed by atoms with Crippen molar-refractivity contribution in [2.75, 3.05) is 5.32 Å². The van der Waals surface area contributed by atoms with Crippen molar-refractivity contribution in [3.05, 3.63) is 30.4 Å². The molecule has 0 aliphatic heterocycles. The first-order valence-corrected chi connectivity index (χ1v) is 4.36. The number of carbonyl (C=O) groups excluding carboxylic acids is 1. The number of hydrogen-bond donors (Lipinski definition) is 1. The molecule has 2 rings (SSSR count). The van der Waals surface area contributed by atoms with Gasteiger partial charge in [-0.1, -0.05) is 12.6 Å². The van der Waals surface area contributed by atoms with E-state index in [1.54, 1.807) is 25.1 Å². The van der Waals surface area contributed by atoms with Gasteiger partial charge in [-0.2, -0.15) is 0 Å². The number of nitrogens with one attached hydrogen (secondary N) is 1. The highest BCUT2D eigenvalue weighted by Gasteiger charge is 2.09. The van der Waals surface area contributed by atoms with Gasteiger partial charge < -0.3 is 5.32 Å². The first-order chi connectivity index (χ1) is 7.18. The highest BCUT2D eigenvalue weighted by Crippen LogP contribution is 2.19. The van der Waals surface area contributed by atoms with Crippen molar-refractivity contribution in [1.29, 1.82) is 0 Å². The third-order valence-electron chi connectivity index (χ3n) is 1.92. The van der Waals surface area contributed by atoms with Crippen molar-refractivity contribution in [2.45, 2.75) is 6.92 Å². The largest absolute Gasteiger partial charge is 0.320 e. The molecule has 0 saturated heterocycles. The zero-order chi connectivity index (χ0) is 10.8. The topological polar surface area (TPSA) is 68.0 Å². The molecule has 76 valence electrons. The Balaban J connectivity index is 2.39. The molecule has 0 aliphatic rings. The molecule has 1 aromatic heterocycles. The van der Waals surface area contributed by atoms with E-state index in [1.807, 2.05) is 0 Å². The molecule has 1 amide bonds. The predicted molar refractivity (Wildman–Crippen MR) is 55.2 cm³/mol. The van der Waals surface area contributed by atoms with Gasteiger partial charge in [0.15, 0.2) is 5.52 Å². The zero-order valence-corrected chi connectivity index (χ0v) is 8.15. The monoisotopic (exact) mass is 203 g/mol. The Kier molecular flexibility index (Phi) is 2.21. The number of rotatable bonds is 2. The van der Waals surface area contributed by atoms with Gasteiger partial charge in [0, 0.05) is 5.57 Å². The van der Waals surface area contributed by atoms with E-state index in [2.05, 4.69) is 26.8 Å². The van der Waals surface area contributed by atoms with Crippen molar-refractivity contribution in [2.24, 2.45) is 0 Å². The van der Waals surface area contributed by atoms with E-state index < -0.39 is 0 Å². The molecule has 5 nitrogen and oxygen atoms in total.